The number of aliphatic hydroxyl groups is 2. The van der Waals surface area contributed by atoms with Crippen molar-refractivity contribution in [1.29, 1.82) is 0 Å². The van der Waals surface area contributed by atoms with Gasteiger partial charge in [-0.3, -0.25) is 9.09 Å². The van der Waals surface area contributed by atoms with Crippen molar-refractivity contribution in [3.8, 4) is 0 Å². The van der Waals surface area contributed by atoms with Crippen LogP contribution in [-0.2, 0) is 13.8 Å². The third-order valence-electron chi connectivity index (χ3n) is 3.03. The van der Waals surface area contributed by atoms with Crippen molar-refractivity contribution >= 4 is 19.6 Å². The van der Waals surface area contributed by atoms with Gasteiger partial charge in [-0.25, -0.2) is 9.36 Å². The van der Waals surface area contributed by atoms with Gasteiger partial charge < -0.3 is 24.7 Å². The molecule has 0 bridgehead atoms. The van der Waals surface area contributed by atoms with Crippen LogP contribution in [-0.4, -0.2) is 60.7 Å². The van der Waals surface area contributed by atoms with Crippen molar-refractivity contribution in [3.63, 3.8) is 0 Å². The molecule has 1 fully saturated rings. The summed E-state index contributed by atoms with van der Waals surface area (Å²) in [5.41, 5.74) is -0.681. The van der Waals surface area contributed by atoms with Crippen molar-refractivity contribution in [3.05, 3.63) is 22.7 Å². The Morgan fingerprint density at radius 1 is 1.45 bits per heavy atom. The summed E-state index contributed by atoms with van der Waals surface area (Å²) >= 11 is 1.26. The zero-order valence-corrected chi connectivity index (χ0v) is 13.1. The molecule has 2 heterocycles. The predicted molar refractivity (Wildman–Crippen MR) is 74.2 cm³/mol. The third-order valence-corrected chi connectivity index (χ3v) is 4.16. The van der Waals surface area contributed by atoms with Crippen LogP contribution in [0.5, 0.6) is 0 Å². The minimum absolute atomic E-state index is 0.482. The Labute approximate surface area is 129 Å². The molecular formula is C10H15N2O8PS. The van der Waals surface area contributed by atoms with Crippen LogP contribution in [0.3, 0.4) is 0 Å². The molecule has 1 aromatic heterocycles. The number of nitrogens with zero attached hydrogens (tertiary/aromatic N) is 2. The number of thioether (sulfide) groups is 1. The Balaban J connectivity index is 2.16. The zero-order chi connectivity index (χ0) is 16.5. The highest BCUT2D eigenvalue weighted by Gasteiger charge is 2.44. The highest BCUT2D eigenvalue weighted by molar-refractivity contribution is 7.98. The van der Waals surface area contributed by atoms with Crippen LogP contribution in [0.15, 0.2) is 22.1 Å². The number of rotatable bonds is 5. The summed E-state index contributed by atoms with van der Waals surface area (Å²) < 4.78 is 21.2. The van der Waals surface area contributed by atoms with Crippen molar-refractivity contribution in [1.82, 2.24) is 9.55 Å². The molecule has 22 heavy (non-hydrogen) atoms. The van der Waals surface area contributed by atoms with Gasteiger partial charge in [0.2, 0.25) is 0 Å². The molecule has 0 unspecified atom stereocenters. The molecule has 0 spiro atoms. The lowest BCUT2D eigenvalue weighted by molar-refractivity contribution is -0.0543. The predicted octanol–water partition coefficient (Wildman–Crippen LogP) is -1.31. The lowest BCUT2D eigenvalue weighted by Crippen LogP contribution is -2.36. The van der Waals surface area contributed by atoms with E-state index in [0.29, 0.717) is 5.03 Å². The first-order valence-corrected chi connectivity index (χ1v) is 8.83. The largest absolute Gasteiger partial charge is 0.469 e. The molecule has 12 heteroatoms. The summed E-state index contributed by atoms with van der Waals surface area (Å²) in [5.74, 6) is 0. The number of hydrogen-bond acceptors (Lipinski definition) is 8. The van der Waals surface area contributed by atoms with Gasteiger partial charge in [0.15, 0.2) is 6.23 Å². The van der Waals surface area contributed by atoms with Crippen LogP contribution in [0.4, 0.5) is 0 Å². The van der Waals surface area contributed by atoms with Crippen molar-refractivity contribution in [2.45, 2.75) is 29.6 Å². The van der Waals surface area contributed by atoms with Crippen LogP contribution in [0.25, 0.3) is 0 Å². The Bertz CT molecular complexity index is 634. The number of phosphoric ester groups is 1. The van der Waals surface area contributed by atoms with E-state index in [1.165, 1.54) is 24.0 Å². The van der Waals surface area contributed by atoms with Gasteiger partial charge in [-0.05, 0) is 12.3 Å². The van der Waals surface area contributed by atoms with E-state index < -0.39 is 44.7 Å². The maximum absolute atomic E-state index is 11.9. The first-order valence-electron chi connectivity index (χ1n) is 6.08. The summed E-state index contributed by atoms with van der Waals surface area (Å²) in [6.45, 7) is -0.635. The smallest absolute Gasteiger partial charge is 0.387 e. The minimum atomic E-state index is -4.73. The van der Waals surface area contributed by atoms with Gasteiger partial charge >= 0.3 is 13.5 Å². The second kappa shape index (κ2) is 6.77. The van der Waals surface area contributed by atoms with E-state index in [-0.39, 0.29) is 0 Å². The fourth-order valence-electron chi connectivity index (χ4n) is 1.97. The first kappa shape index (κ1) is 17.6. The van der Waals surface area contributed by atoms with E-state index >= 15 is 0 Å². The molecule has 0 radical (unpaired) electrons. The standard InChI is InChI=1S/C10H15N2O8PS/c1-22-6-2-3-12(10(15)11-6)9-8(14)7(13)5(20-9)4-19-21(16,17)18/h2-3,5,7-9,13-14H,4H2,1H3,(H2,16,17,18)/t5-,7-,8-,9-/m1/s1. The van der Waals surface area contributed by atoms with Crippen LogP contribution in [0, 0.1) is 0 Å². The fraction of sp³-hybridized carbons (Fsp3) is 0.600. The zero-order valence-electron chi connectivity index (χ0n) is 11.3. The van der Waals surface area contributed by atoms with Crippen molar-refractivity contribution in [2.75, 3.05) is 12.9 Å². The van der Waals surface area contributed by atoms with Crippen LogP contribution >= 0.6 is 19.6 Å². The topological polar surface area (TPSA) is 151 Å². The van der Waals surface area contributed by atoms with E-state index in [4.69, 9.17) is 14.5 Å². The van der Waals surface area contributed by atoms with Crippen molar-refractivity contribution in [2.24, 2.45) is 0 Å². The van der Waals surface area contributed by atoms with Crippen molar-refractivity contribution < 1.29 is 33.8 Å². The summed E-state index contributed by atoms with van der Waals surface area (Å²) in [6, 6.07) is 1.54. The Morgan fingerprint density at radius 2 is 2.14 bits per heavy atom. The molecule has 124 valence electrons. The van der Waals surface area contributed by atoms with E-state index in [9.17, 15) is 19.6 Å². The normalized spacial score (nSPS) is 29.0. The van der Waals surface area contributed by atoms with Gasteiger partial charge in [-0.2, -0.15) is 4.98 Å². The molecule has 4 atom stereocenters. The molecule has 2 rings (SSSR count). The van der Waals surface area contributed by atoms with E-state index in [2.05, 4.69) is 9.51 Å². The monoisotopic (exact) mass is 354 g/mol. The highest BCUT2D eigenvalue weighted by Crippen LogP contribution is 2.38. The fourth-order valence-corrected chi connectivity index (χ4v) is 2.68. The Hall–Kier alpha value is -0.780. The molecule has 0 saturated carbocycles. The molecule has 0 amide bonds. The molecule has 10 nitrogen and oxygen atoms in total. The summed E-state index contributed by atoms with van der Waals surface area (Å²) in [4.78, 5) is 32.9. The van der Waals surface area contributed by atoms with E-state index in [0.717, 1.165) is 4.57 Å². The Kier molecular flexibility index (Phi) is 5.41. The number of aromatic nitrogens is 2. The molecule has 0 aromatic carbocycles. The summed E-state index contributed by atoms with van der Waals surface area (Å²) in [7, 11) is -4.73. The third kappa shape index (κ3) is 3.94. The van der Waals surface area contributed by atoms with E-state index in [1.54, 1.807) is 6.26 Å². The number of phosphoric acid groups is 1. The maximum atomic E-state index is 11.9. The number of hydrogen-bond donors (Lipinski definition) is 4. The Morgan fingerprint density at radius 3 is 2.68 bits per heavy atom. The lowest BCUT2D eigenvalue weighted by Gasteiger charge is -2.17. The lowest BCUT2D eigenvalue weighted by atomic mass is 10.1. The summed E-state index contributed by atoms with van der Waals surface area (Å²) in [6.07, 6.45) is -2.26. The van der Waals surface area contributed by atoms with Crippen LogP contribution in [0.1, 0.15) is 6.23 Å². The van der Waals surface area contributed by atoms with Gasteiger partial charge in [0, 0.05) is 6.20 Å². The molecule has 1 aliphatic heterocycles. The number of ether oxygens (including phenoxy) is 1. The average molecular weight is 354 g/mol. The second-order valence-corrected chi connectivity index (χ2v) is 6.56. The van der Waals surface area contributed by atoms with Gasteiger partial charge in [0.1, 0.15) is 23.3 Å². The van der Waals surface area contributed by atoms with E-state index in [1.807, 2.05) is 0 Å². The quantitative estimate of drug-likeness (QED) is 0.285. The van der Waals surface area contributed by atoms with Crippen LogP contribution < -0.4 is 5.69 Å². The summed E-state index contributed by atoms with van der Waals surface area (Å²) in [5, 5.41) is 20.3. The van der Waals surface area contributed by atoms with Gasteiger partial charge in [-0.15, -0.1) is 11.8 Å². The molecule has 1 aliphatic rings. The maximum Gasteiger partial charge on any atom is 0.469 e. The molecular weight excluding hydrogens is 339 g/mol. The molecule has 4 N–H and O–H groups in total. The molecule has 1 saturated heterocycles. The van der Waals surface area contributed by atoms with Gasteiger partial charge in [-0.1, -0.05) is 0 Å². The molecule has 0 aliphatic carbocycles. The minimum Gasteiger partial charge on any atom is -0.387 e. The average Bonchev–Trinajstić information content (AvgIpc) is 2.72. The molecule has 1 aromatic rings. The van der Waals surface area contributed by atoms with Gasteiger partial charge in [0.05, 0.1) is 6.61 Å². The first-order chi connectivity index (χ1) is 10.2. The van der Waals surface area contributed by atoms with Gasteiger partial charge in [0.25, 0.3) is 0 Å². The number of aliphatic hydroxyl groups excluding tert-OH is 2. The SMILES string of the molecule is CSc1ccn([C@@H]2O[C@H](COP(=O)(O)O)[C@@H](O)[C@H]2O)c(=O)n1. The van der Waals surface area contributed by atoms with Crippen LogP contribution in [0.2, 0.25) is 0 Å². The second-order valence-electron chi connectivity index (χ2n) is 4.49. The highest BCUT2D eigenvalue weighted by atomic mass is 32.2.